The third kappa shape index (κ3) is 3.55. The Kier molecular flexibility index (Phi) is 5.08. The first-order valence-corrected chi connectivity index (χ1v) is 6.50. The molecule has 20 heavy (non-hydrogen) atoms. The van der Waals surface area contributed by atoms with Crippen LogP contribution in [-0.2, 0) is 9.47 Å². The van der Waals surface area contributed by atoms with Gasteiger partial charge in [0.1, 0.15) is 0 Å². The summed E-state index contributed by atoms with van der Waals surface area (Å²) in [6, 6.07) is 7.25. The number of rotatable bonds is 2. The minimum atomic E-state index is -0.551. The van der Waals surface area contributed by atoms with Gasteiger partial charge in [0.05, 0.1) is 18.3 Å². The van der Waals surface area contributed by atoms with Crippen LogP contribution in [0, 0.1) is 0 Å². The van der Waals surface area contributed by atoms with Crippen LogP contribution in [0.5, 0.6) is 0 Å². The zero-order valence-electron chi connectivity index (χ0n) is 11.3. The summed E-state index contributed by atoms with van der Waals surface area (Å²) in [6.45, 7) is 0.766. The van der Waals surface area contributed by atoms with Crippen LogP contribution in [0.3, 0.4) is 0 Å². The van der Waals surface area contributed by atoms with Gasteiger partial charge in [0, 0.05) is 25.3 Å². The molecular formula is C14H19NO5. The first kappa shape index (κ1) is 14.9. The minimum Gasteiger partial charge on any atom is -0.428 e. The highest BCUT2D eigenvalue weighted by Gasteiger charge is 2.21. The highest BCUT2D eigenvalue weighted by molar-refractivity contribution is 5.90. The summed E-state index contributed by atoms with van der Waals surface area (Å²) >= 11 is 0. The largest absolute Gasteiger partial charge is 0.428 e. The average molecular weight is 281 g/mol. The average Bonchev–Trinajstić information content (AvgIpc) is 2.77. The van der Waals surface area contributed by atoms with Crippen LogP contribution in [0.15, 0.2) is 24.3 Å². The molecule has 6 nitrogen and oxygen atoms in total. The number of hydrogen-bond donors (Lipinski definition) is 3. The number of carbonyl (C=O) groups is 1. The molecule has 1 aromatic carbocycles. The zero-order chi connectivity index (χ0) is 14.5. The number of methoxy groups -OCH3 is 1. The van der Waals surface area contributed by atoms with Crippen LogP contribution in [0.2, 0.25) is 0 Å². The maximum Gasteiger partial charge on any atom is 0.340 e. The van der Waals surface area contributed by atoms with E-state index in [1.165, 1.54) is 7.11 Å². The number of esters is 1. The number of hydrogen-bond acceptors (Lipinski definition) is 6. The van der Waals surface area contributed by atoms with E-state index in [0.717, 1.165) is 5.56 Å². The quantitative estimate of drug-likeness (QED) is 0.671. The number of carbonyl (C=O) groups excluding carboxylic acids is 1. The Morgan fingerprint density at radius 1 is 1.40 bits per heavy atom. The van der Waals surface area contributed by atoms with E-state index in [9.17, 15) is 4.79 Å². The molecule has 3 heterocycles. The second kappa shape index (κ2) is 6.81. The number of β-amino-alcohol motifs (C(OH)–C–C–N with tert-alkyl or cyclic N) is 1. The molecule has 3 aliphatic heterocycles. The fraction of sp³-hybridized carbons (Fsp3) is 0.500. The van der Waals surface area contributed by atoms with Crippen LogP contribution in [0.25, 0.3) is 0 Å². The molecule has 2 bridgehead atoms. The van der Waals surface area contributed by atoms with E-state index in [4.69, 9.17) is 19.7 Å². The maximum atomic E-state index is 11.2. The first-order valence-electron chi connectivity index (χ1n) is 6.50. The fourth-order valence-corrected chi connectivity index (χ4v) is 2.13. The fourth-order valence-electron chi connectivity index (χ4n) is 2.13. The standard InChI is InChI=1S/C9H8O3.C5H11NO2/c1-11-9-7-4-2-6(3-5-7)8(10)12-9;7-3-4-1-5(8)2-6-4/h2-5,9H,1H3;4-8H,1-3H2. The lowest BCUT2D eigenvalue weighted by atomic mass is 10.2. The van der Waals surface area contributed by atoms with Crippen molar-refractivity contribution >= 4 is 5.97 Å². The number of fused-ring (bicyclic) bond motifs is 4. The van der Waals surface area contributed by atoms with Crippen LogP contribution < -0.4 is 5.32 Å². The smallest absolute Gasteiger partial charge is 0.340 e. The first-order chi connectivity index (χ1) is 9.63. The molecule has 0 aromatic heterocycles. The van der Waals surface area contributed by atoms with Crippen molar-refractivity contribution in [2.24, 2.45) is 0 Å². The summed E-state index contributed by atoms with van der Waals surface area (Å²) in [5.74, 6) is -0.332. The summed E-state index contributed by atoms with van der Waals surface area (Å²) in [7, 11) is 1.51. The van der Waals surface area contributed by atoms with Gasteiger partial charge in [-0.1, -0.05) is 12.1 Å². The SMILES string of the molecule is COC1OC(=O)c2ccc1cc2.OCC1CC(O)CN1. The predicted molar refractivity (Wildman–Crippen MR) is 71.1 cm³/mol. The van der Waals surface area contributed by atoms with Crippen molar-refractivity contribution < 1.29 is 24.5 Å². The molecular weight excluding hydrogens is 262 g/mol. The monoisotopic (exact) mass is 281 g/mol. The number of ether oxygens (including phenoxy) is 2. The molecule has 4 rings (SSSR count). The minimum absolute atomic E-state index is 0.130. The molecule has 1 saturated heterocycles. The van der Waals surface area contributed by atoms with Crippen molar-refractivity contribution in [1.29, 1.82) is 0 Å². The number of aliphatic hydroxyl groups is 2. The van der Waals surface area contributed by atoms with Gasteiger partial charge in [-0.2, -0.15) is 0 Å². The molecule has 0 saturated carbocycles. The number of benzene rings is 1. The molecule has 0 aliphatic carbocycles. The van der Waals surface area contributed by atoms with E-state index < -0.39 is 6.29 Å². The maximum absolute atomic E-state index is 11.2. The Morgan fingerprint density at radius 2 is 2.10 bits per heavy atom. The van der Waals surface area contributed by atoms with E-state index in [-0.39, 0.29) is 24.7 Å². The summed E-state index contributed by atoms with van der Waals surface area (Å²) in [4.78, 5) is 11.2. The molecule has 3 unspecified atom stereocenters. The molecule has 110 valence electrons. The zero-order valence-corrected chi connectivity index (χ0v) is 11.3. The lowest BCUT2D eigenvalue weighted by Gasteiger charge is -2.11. The lowest BCUT2D eigenvalue weighted by Crippen LogP contribution is -2.24. The van der Waals surface area contributed by atoms with Gasteiger partial charge in [0.25, 0.3) is 0 Å². The van der Waals surface area contributed by atoms with E-state index in [1.54, 1.807) is 12.1 Å². The molecule has 1 aromatic rings. The Balaban J connectivity index is 0.000000160. The molecule has 3 aliphatic rings. The molecule has 3 atom stereocenters. The molecule has 0 spiro atoms. The van der Waals surface area contributed by atoms with Crippen molar-refractivity contribution in [3.63, 3.8) is 0 Å². The molecule has 6 heteroatoms. The summed E-state index contributed by atoms with van der Waals surface area (Å²) in [6.07, 6.45) is -0.103. The van der Waals surface area contributed by atoms with Crippen LogP contribution in [-0.4, -0.2) is 48.6 Å². The van der Waals surface area contributed by atoms with Gasteiger partial charge >= 0.3 is 5.97 Å². The van der Waals surface area contributed by atoms with Gasteiger partial charge in [0.2, 0.25) is 6.29 Å². The number of nitrogens with one attached hydrogen (secondary N) is 1. The molecule has 1 fully saturated rings. The Morgan fingerprint density at radius 3 is 2.55 bits per heavy atom. The normalized spacial score (nSPS) is 27.6. The van der Waals surface area contributed by atoms with Gasteiger partial charge in [-0.15, -0.1) is 0 Å². The van der Waals surface area contributed by atoms with Crippen molar-refractivity contribution in [3.8, 4) is 0 Å². The Hall–Kier alpha value is -1.47. The van der Waals surface area contributed by atoms with Crippen LogP contribution in [0.4, 0.5) is 0 Å². The third-order valence-corrected chi connectivity index (χ3v) is 3.27. The second-order valence-electron chi connectivity index (χ2n) is 4.77. The summed E-state index contributed by atoms with van der Waals surface area (Å²) < 4.78 is 9.96. The molecule has 0 amide bonds. The molecule has 3 N–H and O–H groups in total. The van der Waals surface area contributed by atoms with Gasteiger partial charge < -0.3 is 25.0 Å². The van der Waals surface area contributed by atoms with Gasteiger partial charge in [-0.05, 0) is 18.6 Å². The van der Waals surface area contributed by atoms with Crippen molar-refractivity contribution in [1.82, 2.24) is 5.32 Å². The van der Waals surface area contributed by atoms with Crippen LogP contribution >= 0.6 is 0 Å². The Labute approximate surface area is 117 Å². The number of aliphatic hydroxyl groups excluding tert-OH is 2. The third-order valence-electron chi connectivity index (χ3n) is 3.27. The second-order valence-corrected chi connectivity index (χ2v) is 4.77. The summed E-state index contributed by atoms with van der Waals surface area (Å²) in [5.41, 5.74) is 1.44. The molecule has 0 radical (unpaired) electrons. The lowest BCUT2D eigenvalue weighted by molar-refractivity contribution is -0.0913. The van der Waals surface area contributed by atoms with Crippen LogP contribution in [0.1, 0.15) is 28.6 Å². The van der Waals surface area contributed by atoms with Crippen molar-refractivity contribution in [2.75, 3.05) is 20.3 Å². The Bertz CT molecular complexity index is 447. The van der Waals surface area contributed by atoms with Gasteiger partial charge in [0.15, 0.2) is 0 Å². The van der Waals surface area contributed by atoms with E-state index in [0.29, 0.717) is 18.5 Å². The van der Waals surface area contributed by atoms with Crippen molar-refractivity contribution in [2.45, 2.75) is 24.9 Å². The topological polar surface area (TPSA) is 88.0 Å². The van der Waals surface area contributed by atoms with E-state index in [1.807, 2.05) is 12.1 Å². The summed E-state index contributed by atoms with van der Waals surface area (Å²) in [5, 5.41) is 20.3. The van der Waals surface area contributed by atoms with E-state index in [2.05, 4.69) is 5.32 Å². The van der Waals surface area contributed by atoms with Crippen molar-refractivity contribution in [3.05, 3.63) is 35.4 Å². The van der Waals surface area contributed by atoms with E-state index >= 15 is 0 Å². The van der Waals surface area contributed by atoms with Gasteiger partial charge in [-0.3, -0.25) is 0 Å². The highest BCUT2D eigenvalue weighted by atomic mass is 16.7. The predicted octanol–water partition coefficient (Wildman–Crippen LogP) is 0.203. The highest BCUT2D eigenvalue weighted by Crippen LogP contribution is 2.24. The van der Waals surface area contributed by atoms with Gasteiger partial charge in [-0.25, -0.2) is 4.79 Å².